The average molecular weight is 260 g/mol. The molecule has 0 saturated heterocycles. The molecular formula is C14H20N4O. The number of aliphatic hydroxyl groups excluding tert-OH is 1. The SMILES string of the molecule is Cc1cc2c(NC3CCCCCC3O)nccn2n1. The van der Waals surface area contributed by atoms with E-state index in [0.717, 1.165) is 42.7 Å². The van der Waals surface area contributed by atoms with Crippen LogP contribution in [-0.2, 0) is 0 Å². The van der Waals surface area contributed by atoms with Crippen molar-refractivity contribution in [2.45, 2.75) is 51.2 Å². The first-order chi connectivity index (χ1) is 9.24. The number of hydrogen-bond donors (Lipinski definition) is 2. The van der Waals surface area contributed by atoms with Crippen molar-refractivity contribution in [3.63, 3.8) is 0 Å². The molecule has 0 bridgehead atoms. The molecule has 1 aliphatic rings. The van der Waals surface area contributed by atoms with Crippen molar-refractivity contribution in [1.82, 2.24) is 14.6 Å². The summed E-state index contributed by atoms with van der Waals surface area (Å²) in [6.45, 7) is 1.97. The van der Waals surface area contributed by atoms with Crippen molar-refractivity contribution >= 4 is 11.3 Å². The quantitative estimate of drug-likeness (QED) is 0.812. The largest absolute Gasteiger partial charge is 0.391 e. The third-order valence-electron chi connectivity index (χ3n) is 3.81. The summed E-state index contributed by atoms with van der Waals surface area (Å²) in [6, 6.07) is 2.11. The molecular weight excluding hydrogens is 240 g/mol. The lowest BCUT2D eigenvalue weighted by Gasteiger charge is -2.22. The number of rotatable bonds is 2. The summed E-state index contributed by atoms with van der Waals surface area (Å²) in [4.78, 5) is 4.40. The Morgan fingerprint density at radius 3 is 3.05 bits per heavy atom. The summed E-state index contributed by atoms with van der Waals surface area (Å²) in [5.74, 6) is 0.814. The summed E-state index contributed by atoms with van der Waals surface area (Å²) in [5, 5.41) is 18.0. The third kappa shape index (κ3) is 2.56. The van der Waals surface area contributed by atoms with Crippen LogP contribution in [0.1, 0.15) is 37.8 Å². The number of nitrogens with zero attached hydrogens (tertiary/aromatic N) is 3. The Hall–Kier alpha value is -1.62. The van der Waals surface area contributed by atoms with Crippen LogP contribution in [0.4, 0.5) is 5.82 Å². The molecule has 1 aliphatic carbocycles. The van der Waals surface area contributed by atoms with Gasteiger partial charge in [0.25, 0.3) is 0 Å². The van der Waals surface area contributed by atoms with Crippen molar-refractivity contribution in [2.75, 3.05) is 5.32 Å². The number of anilines is 1. The number of fused-ring (bicyclic) bond motifs is 1. The van der Waals surface area contributed by atoms with Gasteiger partial charge in [-0.2, -0.15) is 5.10 Å². The van der Waals surface area contributed by atoms with Gasteiger partial charge in [-0.25, -0.2) is 9.50 Å². The van der Waals surface area contributed by atoms with Crippen LogP contribution < -0.4 is 5.32 Å². The maximum atomic E-state index is 10.2. The molecule has 0 aromatic carbocycles. The van der Waals surface area contributed by atoms with E-state index in [1.807, 2.05) is 23.7 Å². The second kappa shape index (κ2) is 5.17. The predicted molar refractivity (Wildman–Crippen MR) is 74.2 cm³/mol. The van der Waals surface area contributed by atoms with E-state index in [1.165, 1.54) is 6.42 Å². The van der Waals surface area contributed by atoms with Gasteiger partial charge in [0, 0.05) is 12.4 Å². The van der Waals surface area contributed by atoms with E-state index in [4.69, 9.17) is 0 Å². The first-order valence-electron chi connectivity index (χ1n) is 6.99. The first kappa shape index (κ1) is 12.4. The maximum absolute atomic E-state index is 10.2. The summed E-state index contributed by atoms with van der Waals surface area (Å²) in [7, 11) is 0. The molecule has 2 atom stereocenters. The first-order valence-corrected chi connectivity index (χ1v) is 6.99. The molecule has 0 aliphatic heterocycles. The van der Waals surface area contributed by atoms with Gasteiger partial charge >= 0.3 is 0 Å². The normalized spacial score (nSPS) is 24.3. The van der Waals surface area contributed by atoms with Crippen molar-refractivity contribution in [3.8, 4) is 0 Å². The minimum absolute atomic E-state index is 0.0939. The van der Waals surface area contributed by atoms with E-state index >= 15 is 0 Å². The van der Waals surface area contributed by atoms with Crippen LogP contribution in [0, 0.1) is 6.92 Å². The van der Waals surface area contributed by atoms with Gasteiger partial charge < -0.3 is 10.4 Å². The molecule has 1 fully saturated rings. The molecule has 2 N–H and O–H groups in total. The molecule has 0 radical (unpaired) electrons. The number of aryl methyl sites for hydroxylation is 1. The summed E-state index contributed by atoms with van der Waals surface area (Å²) < 4.78 is 1.83. The highest BCUT2D eigenvalue weighted by Gasteiger charge is 2.22. The van der Waals surface area contributed by atoms with Crippen LogP contribution >= 0.6 is 0 Å². The number of hydrogen-bond acceptors (Lipinski definition) is 4. The van der Waals surface area contributed by atoms with Crippen LogP contribution in [0.15, 0.2) is 18.5 Å². The Labute approximate surface area is 112 Å². The van der Waals surface area contributed by atoms with Crippen LogP contribution in [0.2, 0.25) is 0 Å². The van der Waals surface area contributed by atoms with E-state index in [0.29, 0.717) is 0 Å². The molecule has 2 heterocycles. The predicted octanol–water partition coefficient (Wildman–Crippen LogP) is 2.14. The summed E-state index contributed by atoms with van der Waals surface area (Å²) in [6.07, 6.45) is 8.66. The zero-order valence-corrected chi connectivity index (χ0v) is 11.2. The van der Waals surface area contributed by atoms with Gasteiger partial charge in [0.1, 0.15) is 5.52 Å². The lowest BCUT2D eigenvalue weighted by atomic mass is 10.1. The Morgan fingerprint density at radius 1 is 1.32 bits per heavy atom. The molecule has 0 spiro atoms. The highest BCUT2D eigenvalue weighted by molar-refractivity contribution is 5.68. The number of aliphatic hydroxyl groups is 1. The fourth-order valence-electron chi connectivity index (χ4n) is 2.79. The molecule has 102 valence electrons. The van der Waals surface area contributed by atoms with E-state index in [-0.39, 0.29) is 12.1 Å². The lowest BCUT2D eigenvalue weighted by molar-refractivity contribution is 0.144. The van der Waals surface area contributed by atoms with Gasteiger partial charge in [-0.05, 0) is 25.8 Å². The van der Waals surface area contributed by atoms with Gasteiger partial charge in [0.2, 0.25) is 0 Å². The van der Waals surface area contributed by atoms with E-state index in [1.54, 1.807) is 6.20 Å². The number of nitrogens with one attached hydrogen (secondary N) is 1. The molecule has 2 unspecified atom stereocenters. The van der Waals surface area contributed by atoms with Gasteiger partial charge in [0.15, 0.2) is 5.82 Å². The molecule has 2 aromatic rings. The Kier molecular flexibility index (Phi) is 3.38. The van der Waals surface area contributed by atoms with Crippen LogP contribution in [0.5, 0.6) is 0 Å². The molecule has 19 heavy (non-hydrogen) atoms. The summed E-state index contributed by atoms with van der Waals surface area (Å²) in [5.41, 5.74) is 1.94. The Bertz CT molecular complexity index is 566. The fraction of sp³-hybridized carbons (Fsp3) is 0.571. The van der Waals surface area contributed by atoms with Crippen LogP contribution in [-0.4, -0.2) is 31.9 Å². The minimum Gasteiger partial charge on any atom is -0.391 e. The van der Waals surface area contributed by atoms with E-state index in [9.17, 15) is 5.11 Å². The monoisotopic (exact) mass is 260 g/mol. The van der Waals surface area contributed by atoms with Crippen molar-refractivity contribution in [3.05, 3.63) is 24.2 Å². The smallest absolute Gasteiger partial charge is 0.152 e. The summed E-state index contributed by atoms with van der Waals surface area (Å²) >= 11 is 0. The molecule has 0 amide bonds. The van der Waals surface area contributed by atoms with Gasteiger partial charge in [-0.15, -0.1) is 0 Å². The van der Waals surface area contributed by atoms with E-state index in [2.05, 4.69) is 15.4 Å². The second-order valence-corrected chi connectivity index (χ2v) is 5.35. The van der Waals surface area contributed by atoms with Crippen LogP contribution in [0.25, 0.3) is 5.52 Å². The molecule has 3 rings (SSSR count). The van der Waals surface area contributed by atoms with Crippen molar-refractivity contribution in [1.29, 1.82) is 0 Å². The fourth-order valence-corrected chi connectivity index (χ4v) is 2.79. The van der Waals surface area contributed by atoms with E-state index < -0.39 is 0 Å². The third-order valence-corrected chi connectivity index (χ3v) is 3.81. The second-order valence-electron chi connectivity index (χ2n) is 5.35. The number of aromatic nitrogens is 3. The highest BCUT2D eigenvalue weighted by atomic mass is 16.3. The van der Waals surface area contributed by atoms with Crippen molar-refractivity contribution < 1.29 is 5.11 Å². The zero-order chi connectivity index (χ0) is 13.2. The zero-order valence-electron chi connectivity index (χ0n) is 11.2. The Balaban J connectivity index is 1.87. The topological polar surface area (TPSA) is 62.5 Å². The standard InChI is InChI=1S/C14H20N4O/c1-10-9-12-14(15-7-8-18(12)17-10)16-11-5-3-2-4-6-13(11)19/h7-9,11,13,19H,2-6H2,1H3,(H,15,16). The lowest BCUT2D eigenvalue weighted by Crippen LogP contribution is -2.32. The van der Waals surface area contributed by atoms with Gasteiger partial charge in [-0.3, -0.25) is 0 Å². The Morgan fingerprint density at radius 2 is 2.16 bits per heavy atom. The van der Waals surface area contributed by atoms with Crippen molar-refractivity contribution in [2.24, 2.45) is 0 Å². The molecule has 2 aromatic heterocycles. The maximum Gasteiger partial charge on any atom is 0.152 e. The molecule has 1 saturated carbocycles. The molecule has 5 heteroatoms. The van der Waals surface area contributed by atoms with Gasteiger partial charge in [-0.1, -0.05) is 19.3 Å². The molecule has 5 nitrogen and oxygen atoms in total. The minimum atomic E-state index is -0.284. The highest BCUT2D eigenvalue weighted by Crippen LogP contribution is 2.23. The average Bonchev–Trinajstić information content (AvgIpc) is 2.66. The van der Waals surface area contributed by atoms with Crippen LogP contribution in [0.3, 0.4) is 0 Å². The van der Waals surface area contributed by atoms with Gasteiger partial charge in [0.05, 0.1) is 17.8 Å².